The second-order valence-corrected chi connectivity index (χ2v) is 9.67. The molecule has 0 spiro atoms. The van der Waals surface area contributed by atoms with Gasteiger partial charge >= 0.3 is 6.18 Å². The van der Waals surface area contributed by atoms with E-state index in [4.69, 9.17) is 0 Å². The molecule has 12 heteroatoms. The smallest absolute Gasteiger partial charge is 0.364 e. The number of likely N-dealkylation sites (N-methyl/N-ethyl adjacent to an activating group) is 1. The molecule has 0 aliphatic carbocycles. The van der Waals surface area contributed by atoms with E-state index in [9.17, 15) is 26.0 Å². The van der Waals surface area contributed by atoms with Gasteiger partial charge in [-0.2, -0.15) is 13.2 Å². The van der Waals surface area contributed by atoms with Crippen LogP contribution >= 0.6 is 0 Å². The van der Waals surface area contributed by atoms with Crippen LogP contribution in [-0.4, -0.2) is 61.6 Å². The second kappa shape index (κ2) is 9.18. The summed E-state index contributed by atoms with van der Waals surface area (Å²) in [6.45, 7) is 5.47. The van der Waals surface area contributed by atoms with Crippen molar-refractivity contribution in [3.63, 3.8) is 0 Å². The lowest BCUT2D eigenvalue weighted by Crippen LogP contribution is -2.47. The van der Waals surface area contributed by atoms with Crippen LogP contribution in [-0.2, 0) is 16.2 Å². The van der Waals surface area contributed by atoms with Gasteiger partial charge in [-0.1, -0.05) is 13.0 Å². The summed E-state index contributed by atoms with van der Waals surface area (Å²) < 4.78 is 78.8. The summed E-state index contributed by atoms with van der Waals surface area (Å²) in [7, 11) is -3.84. The standard InChI is InChI=1S/C20H25F4N5O2S/c1-4-29-10-14(21)9-15(11-29)25-19-12(2)7-17(26-27-19)16-6-5-13(20(22,23)24)8-18(16)28-32(3,30)31/h5-8,14-15,28H,4,9-11H2,1-3H3,(H,25,27)/t14-,15+/m0/s1. The summed E-state index contributed by atoms with van der Waals surface area (Å²) >= 11 is 0. The number of halogens is 4. The molecule has 1 aromatic heterocycles. The third-order valence-corrected chi connectivity index (χ3v) is 5.76. The van der Waals surface area contributed by atoms with Crippen LogP contribution in [0.5, 0.6) is 0 Å². The maximum absolute atomic E-state index is 14.0. The first kappa shape index (κ1) is 24.2. The topological polar surface area (TPSA) is 87.2 Å². The molecule has 7 nitrogen and oxygen atoms in total. The lowest BCUT2D eigenvalue weighted by atomic mass is 10.0. The molecule has 0 radical (unpaired) electrons. The number of nitrogens with one attached hydrogen (secondary N) is 2. The number of anilines is 2. The Morgan fingerprint density at radius 1 is 1.19 bits per heavy atom. The highest BCUT2D eigenvalue weighted by Crippen LogP contribution is 2.36. The van der Waals surface area contributed by atoms with Crippen LogP contribution in [0.2, 0.25) is 0 Å². The molecule has 1 saturated heterocycles. The van der Waals surface area contributed by atoms with Crippen LogP contribution in [0.1, 0.15) is 24.5 Å². The fourth-order valence-corrected chi connectivity index (χ4v) is 4.24. The van der Waals surface area contributed by atoms with Crippen molar-refractivity contribution in [1.82, 2.24) is 15.1 Å². The van der Waals surface area contributed by atoms with Gasteiger partial charge < -0.3 is 5.32 Å². The third-order valence-electron chi connectivity index (χ3n) is 5.17. The Labute approximate surface area is 184 Å². The Morgan fingerprint density at radius 2 is 1.91 bits per heavy atom. The molecule has 2 heterocycles. The van der Waals surface area contributed by atoms with Crippen LogP contribution in [0.25, 0.3) is 11.3 Å². The van der Waals surface area contributed by atoms with Crippen molar-refractivity contribution in [1.29, 1.82) is 0 Å². The van der Waals surface area contributed by atoms with Crippen LogP contribution < -0.4 is 10.0 Å². The molecule has 1 aliphatic heterocycles. The summed E-state index contributed by atoms with van der Waals surface area (Å²) in [6, 6.07) is 4.17. The molecule has 2 N–H and O–H groups in total. The molecule has 3 rings (SSSR count). The molecule has 176 valence electrons. The van der Waals surface area contributed by atoms with E-state index in [1.807, 2.05) is 11.8 Å². The van der Waals surface area contributed by atoms with Crippen LogP contribution in [0.3, 0.4) is 0 Å². The SMILES string of the molecule is CCN1C[C@@H](F)C[C@@H](Nc2nnc(-c3ccc(C(F)(F)F)cc3NS(C)(=O)=O)cc2C)C1. The van der Waals surface area contributed by atoms with Gasteiger partial charge in [0.2, 0.25) is 10.0 Å². The minimum absolute atomic E-state index is 0.157. The summed E-state index contributed by atoms with van der Waals surface area (Å²) in [6.07, 6.45) is -4.41. The lowest BCUT2D eigenvalue weighted by Gasteiger charge is -2.34. The Kier molecular flexibility index (Phi) is 6.94. The highest BCUT2D eigenvalue weighted by atomic mass is 32.2. The molecule has 0 amide bonds. The first-order valence-corrected chi connectivity index (χ1v) is 11.9. The average molecular weight is 476 g/mol. The van der Waals surface area contributed by atoms with Crippen molar-refractivity contribution >= 4 is 21.5 Å². The molecule has 32 heavy (non-hydrogen) atoms. The van der Waals surface area contributed by atoms with Crippen molar-refractivity contribution in [2.24, 2.45) is 0 Å². The quantitative estimate of drug-likeness (QED) is 0.620. The number of alkyl halides is 4. The van der Waals surface area contributed by atoms with Gasteiger partial charge in [0.1, 0.15) is 6.17 Å². The molecular weight excluding hydrogens is 450 g/mol. The van der Waals surface area contributed by atoms with E-state index >= 15 is 0 Å². The van der Waals surface area contributed by atoms with Gasteiger partial charge in [0.15, 0.2) is 5.82 Å². The first-order chi connectivity index (χ1) is 14.9. The lowest BCUT2D eigenvalue weighted by molar-refractivity contribution is -0.137. The van der Waals surface area contributed by atoms with Crippen molar-refractivity contribution < 1.29 is 26.0 Å². The van der Waals surface area contributed by atoms with E-state index < -0.39 is 27.9 Å². The van der Waals surface area contributed by atoms with Crippen LogP contribution in [0.15, 0.2) is 24.3 Å². The molecule has 1 fully saturated rings. The van der Waals surface area contributed by atoms with E-state index in [1.165, 1.54) is 0 Å². The van der Waals surface area contributed by atoms with Gasteiger partial charge in [0.05, 0.1) is 23.2 Å². The van der Waals surface area contributed by atoms with E-state index in [0.29, 0.717) is 30.9 Å². The highest BCUT2D eigenvalue weighted by Gasteiger charge is 2.32. The summed E-state index contributed by atoms with van der Waals surface area (Å²) in [5.41, 5.74) is -0.236. The minimum atomic E-state index is -4.64. The first-order valence-electron chi connectivity index (χ1n) is 10.0. The maximum Gasteiger partial charge on any atom is 0.416 e. The number of benzene rings is 1. The predicted molar refractivity (Wildman–Crippen MR) is 115 cm³/mol. The van der Waals surface area contributed by atoms with Crippen molar-refractivity contribution in [3.05, 3.63) is 35.4 Å². The molecule has 1 aromatic carbocycles. The molecular formula is C20H25F4N5O2S. The molecule has 2 aromatic rings. The largest absolute Gasteiger partial charge is 0.416 e. The van der Waals surface area contributed by atoms with E-state index in [-0.39, 0.29) is 23.0 Å². The summed E-state index contributed by atoms with van der Waals surface area (Å²) in [5, 5.41) is 11.4. The zero-order valence-corrected chi connectivity index (χ0v) is 18.7. The van der Waals surface area contributed by atoms with E-state index in [0.717, 1.165) is 31.0 Å². The number of hydrogen-bond acceptors (Lipinski definition) is 6. The maximum atomic E-state index is 14.0. The van der Waals surface area contributed by atoms with Gasteiger partial charge in [0, 0.05) is 31.1 Å². The third kappa shape index (κ3) is 6.06. The van der Waals surface area contributed by atoms with Crippen LogP contribution in [0, 0.1) is 6.92 Å². The van der Waals surface area contributed by atoms with Crippen molar-refractivity contribution in [3.8, 4) is 11.3 Å². The van der Waals surface area contributed by atoms with E-state index in [1.54, 1.807) is 13.0 Å². The number of likely N-dealkylation sites (tertiary alicyclic amines) is 1. The Bertz CT molecular complexity index is 1080. The van der Waals surface area contributed by atoms with Crippen molar-refractivity contribution in [2.75, 3.05) is 35.9 Å². The van der Waals surface area contributed by atoms with Gasteiger partial charge in [-0.25, -0.2) is 12.8 Å². The van der Waals surface area contributed by atoms with Crippen LogP contribution in [0.4, 0.5) is 29.1 Å². The molecule has 0 saturated carbocycles. The van der Waals surface area contributed by atoms with Gasteiger partial charge in [-0.3, -0.25) is 9.62 Å². The fourth-order valence-electron chi connectivity index (χ4n) is 3.67. The van der Waals surface area contributed by atoms with E-state index in [2.05, 4.69) is 20.2 Å². The zero-order chi connectivity index (χ0) is 23.7. The molecule has 1 aliphatic rings. The highest BCUT2D eigenvalue weighted by molar-refractivity contribution is 7.92. The normalized spacial score (nSPS) is 20.2. The summed E-state index contributed by atoms with van der Waals surface area (Å²) in [5.74, 6) is 0.438. The predicted octanol–water partition coefficient (Wildman–Crippen LogP) is 3.69. The fraction of sp³-hybridized carbons (Fsp3) is 0.500. The second-order valence-electron chi connectivity index (χ2n) is 7.92. The number of piperidine rings is 1. The Morgan fingerprint density at radius 3 is 2.50 bits per heavy atom. The molecule has 2 atom stereocenters. The Hall–Kier alpha value is -2.47. The number of aromatic nitrogens is 2. The minimum Gasteiger partial charge on any atom is -0.364 e. The number of aryl methyl sites for hydroxylation is 1. The molecule has 0 bridgehead atoms. The van der Waals surface area contributed by atoms with Gasteiger partial charge in [0.25, 0.3) is 0 Å². The number of nitrogens with zero attached hydrogens (tertiary/aromatic N) is 3. The zero-order valence-electron chi connectivity index (χ0n) is 17.9. The Balaban J connectivity index is 1.91. The number of rotatable bonds is 6. The number of sulfonamides is 1. The van der Waals surface area contributed by atoms with Gasteiger partial charge in [-0.15, -0.1) is 10.2 Å². The van der Waals surface area contributed by atoms with Gasteiger partial charge in [-0.05, 0) is 37.2 Å². The monoisotopic (exact) mass is 475 g/mol. The number of hydrogen-bond donors (Lipinski definition) is 2. The average Bonchev–Trinajstić information content (AvgIpc) is 2.67. The molecule has 0 unspecified atom stereocenters. The summed E-state index contributed by atoms with van der Waals surface area (Å²) in [4.78, 5) is 1.99. The van der Waals surface area contributed by atoms with Crippen molar-refractivity contribution in [2.45, 2.75) is 38.7 Å².